The number of aryl methyl sites for hydroxylation is 1. The molecular formula is C14H13ClN2O3. The predicted molar refractivity (Wildman–Crippen MR) is 76.3 cm³/mol. The Hall–Kier alpha value is -2.27. The number of benzene rings is 1. The lowest BCUT2D eigenvalue weighted by atomic mass is 10.1. The van der Waals surface area contributed by atoms with Crippen LogP contribution in [0.3, 0.4) is 0 Å². The molecule has 0 aliphatic heterocycles. The van der Waals surface area contributed by atoms with Gasteiger partial charge in [-0.05, 0) is 30.7 Å². The van der Waals surface area contributed by atoms with E-state index in [0.29, 0.717) is 10.7 Å². The summed E-state index contributed by atoms with van der Waals surface area (Å²) in [6, 6.07) is 8.49. The Balaban J connectivity index is 2.08. The number of H-pyrrole nitrogens is 1. The number of anilines is 1. The fourth-order valence-electron chi connectivity index (χ4n) is 1.84. The summed E-state index contributed by atoms with van der Waals surface area (Å²) in [6.07, 6.45) is 0.153. The molecule has 0 saturated heterocycles. The van der Waals surface area contributed by atoms with Crippen molar-refractivity contribution in [3.8, 4) is 0 Å². The largest absolute Gasteiger partial charge is 0.477 e. The third kappa shape index (κ3) is 3.39. The summed E-state index contributed by atoms with van der Waals surface area (Å²) in [5, 5.41) is 12.2. The zero-order chi connectivity index (χ0) is 14.7. The van der Waals surface area contributed by atoms with Gasteiger partial charge in [0.05, 0.1) is 12.1 Å². The van der Waals surface area contributed by atoms with E-state index in [2.05, 4.69) is 10.3 Å². The zero-order valence-corrected chi connectivity index (χ0v) is 11.5. The van der Waals surface area contributed by atoms with E-state index in [-0.39, 0.29) is 23.7 Å². The van der Waals surface area contributed by atoms with Gasteiger partial charge in [0.2, 0.25) is 5.91 Å². The van der Waals surface area contributed by atoms with Gasteiger partial charge in [0.25, 0.3) is 0 Å². The van der Waals surface area contributed by atoms with Crippen LogP contribution in [0.2, 0.25) is 5.02 Å². The fraction of sp³-hybridized carbons (Fsp3) is 0.143. The molecular weight excluding hydrogens is 280 g/mol. The van der Waals surface area contributed by atoms with Crippen LogP contribution in [-0.4, -0.2) is 22.0 Å². The molecule has 0 bridgehead atoms. The van der Waals surface area contributed by atoms with E-state index in [9.17, 15) is 9.59 Å². The van der Waals surface area contributed by atoms with Crippen molar-refractivity contribution in [1.82, 2.24) is 4.98 Å². The van der Waals surface area contributed by atoms with Gasteiger partial charge in [0, 0.05) is 10.7 Å². The van der Waals surface area contributed by atoms with Gasteiger partial charge < -0.3 is 15.4 Å². The number of carbonyl (C=O) groups excluding carboxylic acids is 1. The number of halogens is 1. The van der Waals surface area contributed by atoms with Crippen molar-refractivity contribution in [1.29, 1.82) is 0 Å². The number of hydrogen-bond acceptors (Lipinski definition) is 2. The molecule has 5 nitrogen and oxygen atoms in total. The maximum absolute atomic E-state index is 11.9. The van der Waals surface area contributed by atoms with E-state index in [1.165, 1.54) is 0 Å². The van der Waals surface area contributed by atoms with Crippen LogP contribution in [0.5, 0.6) is 0 Å². The van der Waals surface area contributed by atoms with Gasteiger partial charge in [-0.1, -0.05) is 23.7 Å². The molecule has 20 heavy (non-hydrogen) atoms. The average molecular weight is 293 g/mol. The molecule has 1 amide bonds. The van der Waals surface area contributed by atoms with Crippen LogP contribution in [0, 0.1) is 6.92 Å². The molecule has 6 heteroatoms. The molecule has 0 atom stereocenters. The van der Waals surface area contributed by atoms with Gasteiger partial charge >= 0.3 is 5.97 Å². The second-order valence-electron chi connectivity index (χ2n) is 4.40. The number of aromatic nitrogens is 1. The van der Waals surface area contributed by atoms with Crippen molar-refractivity contribution in [2.75, 3.05) is 5.32 Å². The van der Waals surface area contributed by atoms with Crippen molar-refractivity contribution >= 4 is 29.2 Å². The van der Waals surface area contributed by atoms with Crippen molar-refractivity contribution in [2.24, 2.45) is 0 Å². The minimum atomic E-state index is -1.11. The highest BCUT2D eigenvalue weighted by atomic mass is 35.5. The summed E-state index contributed by atoms with van der Waals surface area (Å²) in [7, 11) is 0. The lowest BCUT2D eigenvalue weighted by Crippen LogP contribution is -2.16. The Morgan fingerprint density at radius 3 is 2.55 bits per heavy atom. The van der Waals surface area contributed by atoms with Crippen LogP contribution in [0.15, 0.2) is 30.3 Å². The van der Waals surface area contributed by atoms with E-state index in [1.54, 1.807) is 37.3 Å². The van der Waals surface area contributed by atoms with Crippen LogP contribution < -0.4 is 5.32 Å². The Kier molecular flexibility index (Phi) is 4.10. The highest BCUT2D eigenvalue weighted by Gasteiger charge is 2.15. The molecule has 0 saturated carbocycles. The lowest BCUT2D eigenvalue weighted by Gasteiger charge is -2.04. The Morgan fingerprint density at radius 1 is 1.30 bits per heavy atom. The number of aromatic amines is 1. The van der Waals surface area contributed by atoms with E-state index in [1.807, 2.05) is 0 Å². The van der Waals surface area contributed by atoms with Gasteiger partial charge in [-0.3, -0.25) is 4.79 Å². The van der Waals surface area contributed by atoms with Crippen molar-refractivity contribution in [3.63, 3.8) is 0 Å². The summed E-state index contributed by atoms with van der Waals surface area (Å²) >= 11 is 5.77. The van der Waals surface area contributed by atoms with Gasteiger partial charge in [-0.25, -0.2) is 4.79 Å². The molecule has 1 aromatic heterocycles. The molecule has 3 N–H and O–H groups in total. The first-order chi connectivity index (χ1) is 9.45. The summed E-state index contributed by atoms with van der Waals surface area (Å²) in [4.78, 5) is 25.6. The third-order valence-electron chi connectivity index (χ3n) is 2.72. The summed E-state index contributed by atoms with van der Waals surface area (Å²) in [6.45, 7) is 1.72. The summed E-state index contributed by atoms with van der Waals surface area (Å²) in [5.74, 6) is -1.39. The molecule has 1 aromatic carbocycles. The molecule has 0 radical (unpaired) electrons. The van der Waals surface area contributed by atoms with E-state index >= 15 is 0 Å². The molecule has 0 aliphatic carbocycles. The third-order valence-corrected chi connectivity index (χ3v) is 2.97. The normalized spacial score (nSPS) is 10.3. The minimum absolute atomic E-state index is 0.0213. The molecule has 2 aromatic rings. The fourth-order valence-corrected chi connectivity index (χ4v) is 1.96. The van der Waals surface area contributed by atoms with Crippen LogP contribution in [0.1, 0.15) is 21.7 Å². The quantitative estimate of drug-likeness (QED) is 0.810. The first kappa shape index (κ1) is 14.1. The molecule has 0 unspecified atom stereocenters. The summed E-state index contributed by atoms with van der Waals surface area (Å²) < 4.78 is 0. The van der Waals surface area contributed by atoms with Crippen molar-refractivity contribution in [3.05, 3.63) is 52.3 Å². The number of carboxylic acids is 1. The monoisotopic (exact) mass is 292 g/mol. The van der Waals surface area contributed by atoms with E-state index < -0.39 is 5.97 Å². The number of carbonyl (C=O) groups is 2. The molecule has 0 spiro atoms. The first-order valence-corrected chi connectivity index (χ1v) is 6.30. The van der Waals surface area contributed by atoms with E-state index in [0.717, 1.165) is 5.56 Å². The molecule has 1 heterocycles. The SMILES string of the molecule is Cc1cc(NC(=O)Cc2ccc(Cl)cc2)c(C(=O)O)[nH]1. The maximum atomic E-state index is 11.9. The van der Waals surface area contributed by atoms with Gasteiger partial charge in [0.1, 0.15) is 5.69 Å². The number of nitrogens with one attached hydrogen (secondary N) is 2. The van der Waals surface area contributed by atoms with Crippen LogP contribution in [0.4, 0.5) is 5.69 Å². The molecule has 104 valence electrons. The topological polar surface area (TPSA) is 82.2 Å². The highest BCUT2D eigenvalue weighted by molar-refractivity contribution is 6.30. The zero-order valence-electron chi connectivity index (χ0n) is 10.7. The standard InChI is InChI=1S/C14H13ClN2O3/c1-8-6-11(13(16-8)14(19)20)17-12(18)7-9-2-4-10(15)5-3-9/h2-6,16H,7H2,1H3,(H,17,18)(H,19,20). The second kappa shape index (κ2) is 5.79. The number of aromatic carboxylic acids is 1. The minimum Gasteiger partial charge on any atom is -0.477 e. The van der Waals surface area contributed by atoms with Gasteiger partial charge in [-0.2, -0.15) is 0 Å². The number of amides is 1. The van der Waals surface area contributed by atoms with Crippen LogP contribution in [-0.2, 0) is 11.2 Å². The number of hydrogen-bond donors (Lipinski definition) is 3. The van der Waals surface area contributed by atoms with Crippen molar-refractivity contribution in [2.45, 2.75) is 13.3 Å². The van der Waals surface area contributed by atoms with Crippen molar-refractivity contribution < 1.29 is 14.7 Å². The molecule has 2 rings (SSSR count). The predicted octanol–water partition coefficient (Wildman–Crippen LogP) is 2.86. The highest BCUT2D eigenvalue weighted by Crippen LogP contribution is 2.17. The lowest BCUT2D eigenvalue weighted by molar-refractivity contribution is -0.115. The average Bonchev–Trinajstić information content (AvgIpc) is 2.73. The van der Waals surface area contributed by atoms with Crippen LogP contribution >= 0.6 is 11.6 Å². The maximum Gasteiger partial charge on any atom is 0.354 e. The van der Waals surface area contributed by atoms with Gasteiger partial charge in [-0.15, -0.1) is 0 Å². The summed E-state index contributed by atoms with van der Waals surface area (Å²) in [5.41, 5.74) is 1.72. The second-order valence-corrected chi connectivity index (χ2v) is 4.83. The molecule has 0 fully saturated rings. The smallest absolute Gasteiger partial charge is 0.354 e. The Bertz CT molecular complexity index is 647. The van der Waals surface area contributed by atoms with Crippen LogP contribution in [0.25, 0.3) is 0 Å². The Morgan fingerprint density at radius 2 is 1.95 bits per heavy atom. The van der Waals surface area contributed by atoms with E-state index in [4.69, 9.17) is 16.7 Å². The first-order valence-electron chi connectivity index (χ1n) is 5.93. The molecule has 0 aliphatic rings. The van der Waals surface area contributed by atoms with Gasteiger partial charge in [0.15, 0.2) is 0 Å². The number of rotatable bonds is 4. The number of carboxylic acid groups (broad SMARTS) is 1. The Labute approximate surface area is 120 Å².